The number of hydrogen-bond acceptors (Lipinski definition) is 5. The number of hydrogen-bond donors (Lipinski definition) is 3. The molecule has 0 unspecified atom stereocenters. The Morgan fingerprint density at radius 3 is 2.67 bits per heavy atom. The van der Waals surface area contributed by atoms with Gasteiger partial charge in [-0.05, 0) is 12.5 Å². The van der Waals surface area contributed by atoms with Gasteiger partial charge < -0.3 is 15.7 Å². The van der Waals surface area contributed by atoms with Gasteiger partial charge in [0, 0.05) is 19.8 Å². The standard InChI is InChI=1S/C14H18N6O4/c1-3-5-15-14(24)12-9(7-17-19(12)2)18-13(23)10-4-6-16-20(10)8-11(21)22/h4,6-7H,3,5,8H2,1-2H3,(H,15,24)(H,18,23)(H,21,22). The van der Waals surface area contributed by atoms with Gasteiger partial charge in [-0.2, -0.15) is 10.2 Å². The zero-order chi connectivity index (χ0) is 17.7. The number of carboxylic acids is 1. The number of nitrogens with one attached hydrogen (secondary N) is 2. The molecule has 2 amide bonds. The number of carbonyl (C=O) groups excluding carboxylic acids is 2. The Balaban J connectivity index is 2.20. The SMILES string of the molecule is CCCNC(=O)c1c(NC(=O)c2ccnn2CC(=O)O)cnn1C. The van der Waals surface area contributed by atoms with Crippen molar-refractivity contribution in [2.24, 2.45) is 7.05 Å². The maximum absolute atomic E-state index is 12.3. The first kappa shape index (κ1) is 17.2. The molecule has 2 heterocycles. The number of carboxylic acid groups (broad SMARTS) is 1. The lowest BCUT2D eigenvalue weighted by atomic mass is 10.3. The predicted octanol–water partition coefficient (Wildman–Crippen LogP) is 0.0933. The molecule has 10 nitrogen and oxygen atoms in total. The first-order valence-electron chi connectivity index (χ1n) is 7.29. The van der Waals surface area contributed by atoms with Crippen molar-refractivity contribution < 1.29 is 19.5 Å². The smallest absolute Gasteiger partial charge is 0.325 e. The first-order valence-corrected chi connectivity index (χ1v) is 7.29. The summed E-state index contributed by atoms with van der Waals surface area (Å²) in [6.45, 7) is 1.99. The summed E-state index contributed by atoms with van der Waals surface area (Å²) in [5.74, 6) is -2.05. The summed E-state index contributed by atoms with van der Waals surface area (Å²) in [6, 6.07) is 1.39. The van der Waals surface area contributed by atoms with Crippen LogP contribution in [0.25, 0.3) is 0 Å². The van der Waals surface area contributed by atoms with E-state index in [0.717, 1.165) is 11.1 Å². The number of rotatable bonds is 7. The molecule has 24 heavy (non-hydrogen) atoms. The normalized spacial score (nSPS) is 10.4. The minimum atomic E-state index is -1.12. The summed E-state index contributed by atoms with van der Waals surface area (Å²) in [7, 11) is 1.59. The highest BCUT2D eigenvalue weighted by Gasteiger charge is 2.20. The fourth-order valence-corrected chi connectivity index (χ4v) is 2.09. The van der Waals surface area contributed by atoms with E-state index < -0.39 is 18.4 Å². The molecule has 2 rings (SSSR count). The van der Waals surface area contributed by atoms with Gasteiger partial charge in [-0.3, -0.25) is 19.1 Å². The molecule has 3 N–H and O–H groups in total. The van der Waals surface area contributed by atoms with Crippen LogP contribution in [0.3, 0.4) is 0 Å². The molecule has 0 saturated heterocycles. The lowest BCUT2D eigenvalue weighted by Gasteiger charge is -2.09. The Bertz CT molecular complexity index is 763. The van der Waals surface area contributed by atoms with E-state index in [-0.39, 0.29) is 23.0 Å². The van der Waals surface area contributed by atoms with Gasteiger partial charge in [0.15, 0.2) is 0 Å². The van der Waals surface area contributed by atoms with Crippen molar-refractivity contribution in [1.82, 2.24) is 24.9 Å². The lowest BCUT2D eigenvalue weighted by molar-refractivity contribution is -0.137. The number of aromatic nitrogens is 4. The van der Waals surface area contributed by atoms with E-state index in [9.17, 15) is 14.4 Å². The van der Waals surface area contributed by atoms with Crippen LogP contribution in [0.15, 0.2) is 18.5 Å². The van der Waals surface area contributed by atoms with E-state index >= 15 is 0 Å². The zero-order valence-electron chi connectivity index (χ0n) is 13.3. The summed E-state index contributed by atoms with van der Waals surface area (Å²) >= 11 is 0. The summed E-state index contributed by atoms with van der Waals surface area (Å²) in [5, 5.41) is 21.9. The summed E-state index contributed by atoms with van der Waals surface area (Å²) < 4.78 is 2.42. The van der Waals surface area contributed by atoms with Gasteiger partial charge in [-0.1, -0.05) is 6.92 Å². The molecule has 0 bridgehead atoms. The van der Waals surface area contributed by atoms with Gasteiger partial charge in [0.1, 0.15) is 17.9 Å². The Kier molecular flexibility index (Phi) is 5.30. The minimum absolute atomic E-state index is 0.0705. The van der Waals surface area contributed by atoms with Crippen molar-refractivity contribution in [2.45, 2.75) is 19.9 Å². The Morgan fingerprint density at radius 2 is 2.00 bits per heavy atom. The van der Waals surface area contributed by atoms with Crippen LogP contribution in [0.4, 0.5) is 5.69 Å². The third-order valence-electron chi connectivity index (χ3n) is 3.17. The molecule has 0 fully saturated rings. The molecule has 0 spiro atoms. The van der Waals surface area contributed by atoms with Gasteiger partial charge in [-0.25, -0.2) is 4.68 Å². The molecule has 2 aromatic heterocycles. The van der Waals surface area contributed by atoms with Crippen molar-refractivity contribution in [3.8, 4) is 0 Å². The summed E-state index contributed by atoms with van der Waals surface area (Å²) in [6.07, 6.45) is 3.46. The average Bonchev–Trinajstić information content (AvgIpc) is 3.11. The van der Waals surface area contributed by atoms with Crippen LogP contribution in [0.1, 0.15) is 34.3 Å². The second-order valence-corrected chi connectivity index (χ2v) is 5.01. The number of aliphatic carboxylic acids is 1. The predicted molar refractivity (Wildman–Crippen MR) is 83.6 cm³/mol. The van der Waals surface area contributed by atoms with Crippen molar-refractivity contribution in [3.63, 3.8) is 0 Å². The second-order valence-electron chi connectivity index (χ2n) is 5.01. The maximum atomic E-state index is 12.3. The molecule has 0 aliphatic rings. The maximum Gasteiger partial charge on any atom is 0.325 e. The third-order valence-corrected chi connectivity index (χ3v) is 3.17. The fraction of sp³-hybridized carbons (Fsp3) is 0.357. The average molecular weight is 334 g/mol. The van der Waals surface area contributed by atoms with E-state index in [1.54, 1.807) is 7.05 Å². The van der Waals surface area contributed by atoms with E-state index in [4.69, 9.17) is 5.11 Å². The molecule has 0 atom stereocenters. The third kappa shape index (κ3) is 3.77. The molecule has 0 aromatic carbocycles. The van der Waals surface area contributed by atoms with Crippen LogP contribution in [0, 0.1) is 0 Å². The molecule has 2 aromatic rings. The molecule has 0 aliphatic heterocycles. The monoisotopic (exact) mass is 334 g/mol. The van der Waals surface area contributed by atoms with Gasteiger partial charge >= 0.3 is 5.97 Å². The van der Waals surface area contributed by atoms with Gasteiger partial charge in [0.05, 0.1) is 11.9 Å². The van der Waals surface area contributed by atoms with Crippen LogP contribution >= 0.6 is 0 Å². The Labute approximate surface area is 137 Å². The highest BCUT2D eigenvalue weighted by atomic mass is 16.4. The fourth-order valence-electron chi connectivity index (χ4n) is 2.09. The van der Waals surface area contributed by atoms with E-state index in [2.05, 4.69) is 20.8 Å². The van der Waals surface area contributed by atoms with E-state index in [1.807, 2.05) is 6.92 Å². The topological polar surface area (TPSA) is 131 Å². The van der Waals surface area contributed by atoms with Gasteiger partial charge in [0.2, 0.25) is 0 Å². The number of amides is 2. The Hall–Kier alpha value is -3.17. The highest BCUT2D eigenvalue weighted by molar-refractivity contribution is 6.07. The van der Waals surface area contributed by atoms with Crippen molar-refractivity contribution >= 4 is 23.5 Å². The van der Waals surface area contributed by atoms with Crippen LogP contribution in [0.5, 0.6) is 0 Å². The molecule has 0 aliphatic carbocycles. The van der Waals surface area contributed by atoms with E-state index in [0.29, 0.717) is 6.54 Å². The molecule has 10 heteroatoms. The Morgan fingerprint density at radius 1 is 1.25 bits per heavy atom. The van der Waals surface area contributed by atoms with Crippen LogP contribution in [-0.4, -0.2) is 49.0 Å². The summed E-state index contributed by atoms with van der Waals surface area (Å²) in [5.41, 5.74) is 0.515. The van der Waals surface area contributed by atoms with Crippen molar-refractivity contribution in [2.75, 3.05) is 11.9 Å². The quantitative estimate of drug-likeness (QED) is 0.658. The zero-order valence-corrected chi connectivity index (χ0v) is 13.3. The lowest BCUT2D eigenvalue weighted by Crippen LogP contribution is -2.28. The second kappa shape index (κ2) is 7.40. The van der Waals surface area contributed by atoms with Crippen LogP contribution in [0.2, 0.25) is 0 Å². The van der Waals surface area contributed by atoms with Crippen LogP contribution in [-0.2, 0) is 18.4 Å². The van der Waals surface area contributed by atoms with Crippen molar-refractivity contribution in [3.05, 3.63) is 29.8 Å². The molecular formula is C14H18N6O4. The number of nitrogens with zero attached hydrogens (tertiary/aromatic N) is 4. The van der Waals surface area contributed by atoms with Gasteiger partial charge in [0.25, 0.3) is 11.8 Å². The van der Waals surface area contributed by atoms with E-state index in [1.165, 1.54) is 23.1 Å². The molecular weight excluding hydrogens is 316 g/mol. The molecule has 0 saturated carbocycles. The first-order chi connectivity index (χ1) is 11.4. The molecule has 128 valence electrons. The van der Waals surface area contributed by atoms with Gasteiger partial charge in [-0.15, -0.1) is 0 Å². The molecule has 0 radical (unpaired) electrons. The number of anilines is 1. The number of aryl methyl sites for hydroxylation is 1. The van der Waals surface area contributed by atoms with Crippen LogP contribution < -0.4 is 10.6 Å². The van der Waals surface area contributed by atoms with Crippen molar-refractivity contribution in [1.29, 1.82) is 0 Å². The number of carbonyl (C=O) groups is 3. The largest absolute Gasteiger partial charge is 0.480 e. The minimum Gasteiger partial charge on any atom is -0.480 e. The highest BCUT2D eigenvalue weighted by Crippen LogP contribution is 2.15. The summed E-state index contributed by atoms with van der Waals surface area (Å²) in [4.78, 5) is 35.3.